The number of rotatable bonds is 8. The van der Waals surface area contributed by atoms with Crippen LogP contribution in [0.25, 0.3) is 0 Å². The van der Waals surface area contributed by atoms with Gasteiger partial charge in [-0.05, 0) is 57.6 Å². The molecule has 9 heteroatoms. The minimum atomic E-state index is -4.48. The molecule has 0 saturated carbocycles. The van der Waals surface area contributed by atoms with E-state index in [1.807, 2.05) is 6.92 Å². The van der Waals surface area contributed by atoms with Crippen molar-refractivity contribution in [1.82, 2.24) is 10.2 Å². The molecule has 2 rings (SSSR count). The van der Waals surface area contributed by atoms with Crippen LogP contribution in [0.15, 0.2) is 34.1 Å². The summed E-state index contributed by atoms with van der Waals surface area (Å²) in [5, 5.41) is 5.26. The summed E-state index contributed by atoms with van der Waals surface area (Å²) in [6.07, 6.45) is -1.53. The Hall–Kier alpha value is -2.00. The monoisotopic (exact) mass is 429 g/mol. The smallest absolute Gasteiger partial charge is 0.350 e. The zero-order valence-electron chi connectivity index (χ0n) is 16.7. The number of halogens is 3. The van der Waals surface area contributed by atoms with Gasteiger partial charge in [-0.15, -0.1) is 0 Å². The fourth-order valence-corrected chi connectivity index (χ4v) is 3.88. The number of hydrogen-bond acceptors (Lipinski definition) is 4. The van der Waals surface area contributed by atoms with Crippen LogP contribution in [0.3, 0.4) is 0 Å². The van der Waals surface area contributed by atoms with Gasteiger partial charge in [0.25, 0.3) is 5.91 Å². The molecule has 1 aromatic carbocycles. The molecule has 1 aliphatic heterocycles. The Bertz CT molecular complexity index is 777. The Kier molecular flexibility index (Phi) is 8.15. The van der Waals surface area contributed by atoms with E-state index in [4.69, 9.17) is 0 Å². The zero-order chi connectivity index (χ0) is 21.6. The lowest BCUT2D eigenvalue weighted by molar-refractivity contribution is -0.137. The fraction of sp³-hybridized carbons (Fsp3) is 0.500. The molecule has 1 atom stereocenters. The maximum Gasteiger partial charge on any atom is 0.416 e. The first-order valence-corrected chi connectivity index (χ1v) is 10.4. The van der Waals surface area contributed by atoms with Gasteiger partial charge in [0.05, 0.1) is 16.2 Å². The summed E-state index contributed by atoms with van der Waals surface area (Å²) in [4.78, 5) is 27.3. The first kappa shape index (κ1) is 23.3. The number of thioether (sulfide) groups is 1. The Morgan fingerprint density at radius 2 is 2.00 bits per heavy atom. The number of nitrogens with zero attached hydrogens (tertiary/aromatic N) is 1. The van der Waals surface area contributed by atoms with Crippen molar-refractivity contribution in [3.05, 3.63) is 34.7 Å². The number of anilines is 1. The van der Waals surface area contributed by atoms with E-state index in [-0.39, 0.29) is 16.6 Å². The second-order valence-electron chi connectivity index (χ2n) is 6.85. The molecule has 0 fully saturated rings. The van der Waals surface area contributed by atoms with Gasteiger partial charge in [0, 0.05) is 17.0 Å². The van der Waals surface area contributed by atoms with Gasteiger partial charge in [-0.1, -0.05) is 25.6 Å². The molecule has 29 heavy (non-hydrogen) atoms. The molecule has 160 valence electrons. The van der Waals surface area contributed by atoms with E-state index >= 15 is 0 Å². The molecule has 1 aromatic rings. The average Bonchev–Trinajstić information content (AvgIpc) is 2.64. The van der Waals surface area contributed by atoms with Crippen molar-refractivity contribution in [3.8, 4) is 0 Å². The van der Waals surface area contributed by atoms with Crippen molar-refractivity contribution in [2.75, 3.05) is 25.0 Å². The lowest BCUT2D eigenvalue weighted by atomic mass is 10.1. The highest BCUT2D eigenvalue weighted by molar-refractivity contribution is 8.04. The summed E-state index contributed by atoms with van der Waals surface area (Å²) in [5.41, 5.74) is -0.738. The number of benzene rings is 1. The zero-order valence-corrected chi connectivity index (χ0v) is 17.5. The minimum absolute atomic E-state index is 0.0480. The van der Waals surface area contributed by atoms with Crippen LogP contribution < -0.4 is 10.6 Å². The first-order valence-electron chi connectivity index (χ1n) is 9.59. The lowest BCUT2D eigenvalue weighted by Gasteiger charge is -2.21. The van der Waals surface area contributed by atoms with Gasteiger partial charge in [-0.25, -0.2) is 0 Å². The molecule has 2 amide bonds. The van der Waals surface area contributed by atoms with Crippen molar-refractivity contribution < 1.29 is 22.8 Å². The van der Waals surface area contributed by atoms with Crippen LogP contribution in [0.4, 0.5) is 18.9 Å². The van der Waals surface area contributed by atoms with Gasteiger partial charge < -0.3 is 15.5 Å². The highest BCUT2D eigenvalue weighted by Crippen LogP contribution is 2.41. The number of hydrogen-bond donors (Lipinski definition) is 2. The van der Waals surface area contributed by atoms with Gasteiger partial charge in [-0.2, -0.15) is 13.2 Å². The molecule has 1 heterocycles. The number of amides is 2. The molecule has 0 radical (unpaired) electrons. The van der Waals surface area contributed by atoms with Crippen molar-refractivity contribution in [2.24, 2.45) is 0 Å². The Morgan fingerprint density at radius 1 is 1.31 bits per heavy atom. The predicted octanol–water partition coefficient (Wildman–Crippen LogP) is 4.26. The van der Waals surface area contributed by atoms with Gasteiger partial charge in [0.15, 0.2) is 0 Å². The van der Waals surface area contributed by atoms with Crippen LogP contribution >= 0.6 is 11.8 Å². The second kappa shape index (κ2) is 10.2. The van der Waals surface area contributed by atoms with Crippen LogP contribution in [-0.2, 0) is 15.8 Å². The molecule has 2 N–H and O–H groups in total. The minimum Gasteiger partial charge on any atom is -0.350 e. The van der Waals surface area contributed by atoms with E-state index in [0.29, 0.717) is 4.90 Å². The average molecular weight is 430 g/mol. The molecule has 0 aromatic heterocycles. The highest BCUT2D eigenvalue weighted by Gasteiger charge is 2.32. The normalized spacial score (nSPS) is 16.5. The van der Waals surface area contributed by atoms with E-state index < -0.39 is 23.6 Å². The first-order chi connectivity index (χ1) is 13.6. The topological polar surface area (TPSA) is 61.4 Å². The molecule has 0 aliphatic carbocycles. The largest absolute Gasteiger partial charge is 0.416 e. The Labute approximate surface area is 173 Å². The SMILES string of the molecule is CCN(CC)CCCC(C)NC(=O)C=C1Sc2ccc(C(F)(F)F)cc2NC1=O. The molecule has 5 nitrogen and oxygen atoms in total. The molecular weight excluding hydrogens is 403 g/mol. The molecule has 1 unspecified atom stereocenters. The molecule has 0 spiro atoms. The molecule has 0 bridgehead atoms. The highest BCUT2D eigenvalue weighted by atomic mass is 32.2. The van der Waals surface area contributed by atoms with Crippen LogP contribution in [-0.4, -0.2) is 42.4 Å². The third-order valence-electron chi connectivity index (χ3n) is 4.66. The molecule has 0 saturated heterocycles. The second-order valence-corrected chi connectivity index (χ2v) is 7.94. The maximum atomic E-state index is 12.8. The Morgan fingerprint density at radius 3 is 2.62 bits per heavy atom. The van der Waals surface area contributed by atoms with Crippen molar-refractivity contribution in [3.63, 3.8) is 0 Å². The Balaban J connectivity index is 1.95. The van der Waals surface area contributed by atoms with Gasteiger partial charge in [0.1, 0.15) is 0 Å². The van der Waals surface area contributed by atoms with Crippen molar-refractivity contribution >= 4 is 29.3 Å². The molecule has 1 aliphatic rings. The van der Waals surface area contributed by atoms with Gasteiger partial charge in [0.2, 0.25) is 5.91 Å². The summed E-state index contributed by atoms with van der Waals surface area (Å²) in [6.45, 7) is 9.05. The molecular formula is C20H26F3N3O2S. The summed E-state index contributed by atoms with van der Waals surface area (Å²) < 4.78 is 38.4. The summed E-state index contributed by atoms with van der Waals surface area (Å²) in [5.74, 6) is -0.987. The van der Waals surface area contributed by atoms with E-state index in [1.165, 1.54) is 12.1 Å². The van der Waals surface area contributed by atoms with E-state index in [2.05, 4.69) is 29.4 Å². The summed E-state index contributed by atoms with van der Waals surface area (Å²) >= 11 is 0.982. The van der Waals surface area contributed by atoms with E-state index in [1.54, 1.807) is 0 Å². The third-order valence-corrected chi connectivity index (χ3v) is 5.75. The lowest BCUT2D eigenvalue weighted by Crippen LogP contribution is -2.33. The van der Waals surface area contributed by atoms with Crippen molar-refractivity contribution in [2.45, 2.75) is 50.7 Å². The number of nitrogens with one attached hydrogen (secondary N) is 2. The number of carbonyl (C=O) groups excluding carboxylic acids is 2. The number of fused-ring (bicyclic) bond motifs is 1. The van der Waals surface area contributed by atoms with Crippen LogP contribution in [0.1, 0.15) is 39.2 Å². The summed E-state index contributed by atoms with van der Waals surface area (Å²) in [7, 11) is 0. The van der Waals surface area contributed by atoms with E-state index in [9.17, 15) is 22.8 Å². The van der Waals surface area contributed by atoms with Gasteiger partial charge >= 0.3 is 6.18 Å². The summed E-state index contributed by atoms with van der Waals surface area (Å²) in [6, 6.07) is 3.10. The standard InChI is InChI=1S/C20H26F3N3O2S/c1-4-26(5-2)10-6-7-13(3)24-18(27)12-17-19(28)25-15-11-14(20(21,22)23)8-9-16(15)29-17/h8-9,11-13H,4-7,10H2,1-3H3,(H,24,27)(H,25,28). The predicted molar refractivity (Wildman–Crippen MR) is 109 cm³/mol. The van der Waals surface area contributed by atoms with Crippen LogP contribution in [0.2, 0.25) is 0 Å². The third kappa shape index (κ3) is 6.78. The van der Waals surface area contributed by atoms with E-state index in [0.717, 1.165) is 56.4 Å². The van der Waals surface area contributed by atoms with Crippen LogP contribution in [0.5, 0.6) is 0 Å². The quantitative estimate of drug-likeness (QED) is 0.606. The van der Waals surface area contributed by atoms with Crippen LogP contribution in [0, 0.1) is 0 Å². The number of alkyl halides is 3. The number of carbonyl (C=O) groups is 2. The fourth-order valence-electron chi connectivity index (χ4n) is 2.97. The maximum absolute atomic E-state index is 12.8. The van der Waals surface area contributed by atoms with Gasteiger partial charge in [-0.3, -0.25) is 9.59 Å². The van der Waals surface area contributed by atoms with Crippen molar-refractivity contribution in [1.29, 1.82) is 0 Å².